The van der Waals surface area contributed by atoms with Gasteiger partial charge in [0, 0.05) is 12.8 Å². The minimum absolute atomic E-state index is 0.0924. The second kappa shape index (κ2) is 60.6. The maximum Gasteiger partial charge on any atom is 0.306 e. The molecule has 0 aliphatic carbocycles. The fourth-order valence-corrected chi connectivity index (χ4v) is 7.28. The average molecular weight is 990 g/mol. The molecule has 0 aromatic heterocycles. The van der Waals surface area contributed by atoms with Gasteiger partial charge in [-0.2, -0.15) is 0 Å². The molecule has 0 heterocycles. The van der Waals surface area contributed by atoms with Crippen LogP contribution in [0.3, 0.4) is 0 Å². The first-order chi connectivity index (χ1) is 35.6. The molecular formula is C67H104O5. The third-order valence-electron chi connectivity index (χ3n) is 11.5. The Labute approximate surface area is 443 Å². The van der Waals surface area contributed by atoms with Gasteiger partial charge in [0.15, 0.2) is 6.10 Å². The summed E-state index contributed by atoms with van der Waals surface area (Å²) >= 11 is 0. The molecule has 0 fully saturated rings. The number of carbonyl (C=O) groups excluding carboxylic acids is 2. The smallest absolute Gasteiger partial charge is 0.306 e. The van der Waals surface area contributed by atoms with Crippen LogP contribution >= 0.6 is 0 Å². The molecule has 0 saturated heterocycles. The maximum atomic E-state index is 12.3. The Morgan fingerprint density at radius 3 is 0.833 bits per heavy atom. The number of esters is 2. The second-order valence-electron chi connectivity index (χ2n) is 18.2. The highest BCUT2D eigenvalue weighted by molar-refractivity contribution is 5.70. The lowest BCUT2D eigenvalue weighted by atomic mass is 10.0. The molecule has 0 aromatic rings. The Kier molecular flexibility index (Phi) is 56.6. The molecule has 5 nitrogen and oxygen atoms in total. The van der Waals surface area contributed by atoms with Crippen LogP contribution in [0.5, 0.6) is 0 Å². The lowest BCUT2D eigenvalue weighted by Gasteiger charge is -2.15. The fraction of sp³-hybridized carbons (Fsp3) is 0.552. The molecular weight excluding hydrogens is 885 g/mol. The van der Waals surface area contributed by atoms with Crippen molar-refractivity contribution in [2.24, 2.45) is 0 Å². The average Bonchev–Trinajstić information content (AvgIpc) is 3.38. The van der Waals surface area contributed by atoms with E-state index in [0.717, 1.165) is 141 Å². The van der Waals surface area contributed by atoms with Crippen molar-refractivity contribution in [3.63, 3.8) is 0 Å². The van der Waals surface area contributed by atoms with E-state index in [9.17, 15) is 14.7 Å². The normalized spacial score (nSPS) is 13.5. The Morgan fingerprint density at radius 2 is 0.556 bits per heavy atom. The monoisotopic (exact) mass is 989 g/mol. The lowest BCUT2D eigenvalue weighted by Crippen LogP contribution is -2.28. The SMILES string of the molecule is CC/C=C\C/C=C\C/C=C\C/C=C\C/C=C\C/C=C\C/C=C\C/C=C\CCCCCCCCCCCCC(=O)OC(CO)COC(=O)CCCCCC/C=C\C/C=C\C/C=C\C/C=C\C/C=C\C/C=C\CC. The number of ether oxygens (including phenoxy) is 2. The molecule has 0 aliphatic rings. The molecule has 72 heavy (non-hydrogen) atoms. The summed E-state index contributed by atoms with van der Waals surface area (Å²) < 4.78 is 10.7. The number of carbonyl (C=O) groups is 2. The van der Waals surface area contributed by atoms with Crippen LogP contribution in [-0.2, 0) is 19.1 Å². The highest BCUT2D eigenvalue weighted by Crippen LogP contribution is 2.14. The van der Waals surface area contributed by atoms with Gasteiger partial charge in [-0.05, 0) is 128 Å². The predicted molar refractivity (Wildman–Crippen MR) is 315 cm³/mol. The highest BCUT2D eigenvalue weighted by Gasteiger charge is 2.16. The van der Waals surface area contributed by atoms with E-state index in [-0.39, 0.29) is 25.2 Å². The van der Waals surface area contributed by atoms with Crippen molar-refractivity contribution in [3.8, 4) is 0 Å². The molecule has 0 amide bonds. The zero-order valence-corrected chi connectivity index (χ0v) is 45.9. The van der Waals surface area contributed by atoms with Crippen molar-refractivity contribution >= 4 is 11.9 Å². The summed E-state index contributed by atoms with van der Waals surface area (Å²) in [7, 11) is 0. The molecule has 0 spiro atoms. The topological polar surface area (TPSA) is 72.8 Å². The van der Waals surface area contributed by atoms with Crippen molar-refractivity contribution in [1.82, 2.24) is 0 Å². The van der Waals surface area contributed by atoms with Gasteiger partial charge in [-0.1, -0.05) is 248 Å². The van der Waals surface area contributed by atoms with Gasteiger partial charge in [-0.3, -0.25) is 9.59 Å². The van der Waals surface area contributed by atoms with E-state index in [4.69, 9.17) is 9.47 Å². The van der Waals surface area contributed by atoms with Crippen molar-refractivity contribution in [3.05, 3.63) is 170 Å². The number of aliphatic hydroxyl groups excluding tert-OH is 1. The summed E-state index contributed by atoms with van der Waals surface area (Å²) in [5.74, 6) is -0.637. The quantitative estimate of drug-likeness (QED) is 0.0373. The van der Waals surface area contributed by atoms with Crippen LogP contribution in [0.4, 0.5) is 0 Å². The van der Waals surface area contributed by atoms with E-state index in [2.05, 4.69) is 184 Å². The summed E-state index contributed by atoms with van der Waals surface area (Å²) in [5.41, 5.74) is 0. The number of unbranched alkanes of at least 4 members (excludes halogenated alkanes) is 14. The van der Waals surface area contributed by atoms with Crippen LogP contribution in [0.25, 0.3) is 0 Å². The largest absolute Gasteiger partial charge is 0.462 e. The first-order valence-corrected chi connectivity index (χ1v) is 28.7. The van der Waals surface area contributed by atoms with E-state index in [1.807, 2.05) is 0 Å². The van der Waals surface area contributed by atoms with E-state index < -0.39 is 6.10 Å². The summed E-state index contributed by atoms with van der Waals surface area (Å²) in [5, 5.41) is 9.66. The van der Waals surface area contributed by atoms with Crippen molar-refractivity contribution < 1.29 is 24.2 Å². The Balaban J connectivity index is 3.63. The molecule has 402 valence electrons. The van der Waals surface area contributed by atoms with Crippen LogP contribution in [0, 0.1) is 0 Å². The molecule has 0 aromatic carbocycles. The fourth-order valence-electron chi connectivity index (χ4n) is 7.28. The number of rotatable bonds is 50. The van der Waals surface area contributed by atoms with E-state index >= 15 is 0 Å². The molecule has 0 bridgehead atoms. The second-order valence-corrected chi connectivity index (χ2v) is 18.2. The van der Waals surface area contributed by atoms with E-state index in [1.165, 1.54) is 51.4 Å². The van der Waals surface area contributed by atoms with Gasteiger partial charge in [0.1, 0.15) is 6.61 Å². The van der Waals surface area contributed by atoms with Crippen LogP contribution < -0.4 is 0 Å². The first kappa shape index (κ1) is 67.3. The van der Waals surface area contributed by atoms with Crippen LogP contribution in [0.15, 0.2) is 170 Å². The van der Waals surface area contributed by atoms with Crippen molar-refractivity contribution in [1.29, 1.82) is 0 Å². The van der Waals surface area contributed by atoms with E-state index in [0.29, 0.717) is 12.8 Å². The Bertz CT molecular complexity index is 1640. The number of hydrogen-bond acceptors (Lipinski definition) is 5. The molecule has 0 radical (unpaired) electrons. The molecule has 5 heteroatoms. The third kappa shape index (κ3) is 57.8. The molecule has 0 aliphatic heterocycles. The van der Waals surface area contributed by atoms with E-state index in [1.54, 1.807) is 0 Å². The molecule has 1 atom stereocenters. The van der Waals surface area contributed by atoms with Gasteiger partial charge in [-0.25, -0.2) is 0 Å². The highest BCUT2D eigenvalue weighted by atomic mass is 16.6. The van der Waals surface area contributed by atoms with Crippen LogP contribution in [0.2, 0.25) is 0 Å². The zero-order chi connectivity index (χ0) is 52.0. The van der Waals surface area contributed by atoms with Crippen LogP contribution in [-0.4, -0.2) is 36.4 Å². The Morgan fingerprint density at radius 1 is 0.319 bits per heavy atom. The number of allylic oxidation sites excluding steroid dienone is 28. The molecule has 1 unspecified atom stereocenters. The minimum Gasteiger partial charge on any atom is -0.462 e. The molecule has 0 rings (SSSR count). The molecule has 1 N–H and O–H groups in total. The minimum atomic E-state index is -0.800. The molecule has 0 saturated carbocycles. The summed E-state index contributed by atoms with van der Waals surface area (Å²) in [6, 6.07) is 0. The zero-order valence-electron chi connectivity index (χ0n) is 45.9. The van der Waals surface area contributed by atoms with Gasteiger partial charge in [0.2, 0.25) is 0 Å². The van der Waals surface area contributed by atoms with Gasteiger partial charge >= 0.3 is 11.9 Å². The summed E-state index contributed by atoms with van der Waals surface area (Å²) in [6.45, 7) is 3.87. The Hall–Kier alpha value is -4.74. The summed E-state index contributed by atoms with van der Waals surface area (Å²) in [4.78, 5) is 24.5. The van der Waals surface area contributed by atoms with Crippen LogP contribution in [0.1, 0.15) is 219 Å². The first-order valence-electron chi connectivity index (χ1n) is 28.7. The van der Waals surface area contributed by atoms with Gasteiger partial charge in [-0.15, -0.1) is 0 Å². The van der Waals surface area contributed by atoms with Gasteiger partial charge in [0.05, 0.1) is 6.61 Å². The number of aliphatic hydroxyl groups is 1. The standard InChI is InChI=1S/C67H104O5/c1-3-5-7-9-11-13-15-17-19-21-23-25-27-28-29-30-31-32-33-34-35-36-37-38-40-42-44-46-48-50-52-54-56-58-60-62-67(70)72-65(63-68)64-71-66(69)61-59-57-55-53-51-49-47-45-43-41-39-26-24-22-20-18-16-14-12-10-8-6-4-2/h5-8,11-14,17-20,23-26,28-29,31-32,34-35,37-38,41,43,47,49,65,68H,3-4,9-10,15-16,21-22,27,30,33,36,39-40,42,44-46,48,50-64H2,1-2H3/b7-5-,8-6-,13-11-,14-12-,19-17-,20-18-,25-23-,26-24-,29-28-,32-31-,35-34-,38-37-,43-41-,49-47-. The van der Waals surface area contributed by atoms with Gasteiger partial charge < -0.3 is 14.6 Å². The third-order valence-corrected chi connectivity index (χ3v) is 11.5. The summed E-state index contributed by atoms with van der Waals surface area (Å²) in [6.07, 6.45) is 94.6. The van der Waals surface area contributed by atoms with Gasteiger partial charge in [0.25, 0.3) is 0 Å². The van der Waals surface area contributed by atoms with Crippen molar-refractivity contribution in [2.75, 3.05) is 13.2 Å². The maximum absolute atomic E-state index is 12.3. The number of hydrogen-bond donors (Lipinski definition) is 1. The predicted octanol–water partition coefficient (Wildman–Crippen LogP) is 19.7. The van der Waals surface area contributed by atoms with Crippen molar-refractivity contribution in [2.45, 2.75) is 225 Å². The lowest BCUT2D eigenvalue weighted by molar-refractivity contribution is -0.161.